The van der Waals surface area contributed by atoms with Crippen molar-refractivity contribution in [2.45, 2.75) is 32.2 Å². The molecule has 0 aromatic heterocycles. The maximum absolute atomic E-state index is 14.3. The van der Waals surface area contributed by atoms with E-state index in [4.69, 9.17) is 0 Å². The van der Waals surface area contributed by atoms with Crippen molar-refractivity contribution in [1.82, 2.24) is 10.2 Å². The lowest BCUT2D eigenvalue weighted by Gasteiger charge is -2.35. The highest BCUT2D eigenvalue weighted by Crippen LogP contribution is 2.40. The number of nitrogens with one attached hydrogen (secondary N) is 1. The molecule has 0 unspecified atom stereocenters. The normalized spacial score (nSPS) is 21.3. The van der Waals surface area contributed by atoms with Crippen molar-refractivity contribution in [1.29, 1.82) is 0 Å². The third-order valence-corrected chi connectivity index (χ3v) is 4.36. The van der Waals surface area contributed by atoms with Gasteiger partial charge in [-0.15, -0.1) is 12.4 Å². The first-order valence-corrected chi connectivity index (χ1v) is 7.45. The predicted molar refractivity (Wildman–Crippen MR) is 82.9 cm³/mol. The summed E-state index contributed by atoms with van der Waals surface area (Å²) in [5.74, 6) is 0.796. The number of hydrogen-bond acceptors (Lipinski definition) is 2. The molecule has 1 N–H and O–H groups in total. The summed E-state index contributed by atoms with van der Waals surface area (Å²) < 4.78 is 14.3. The molecule has 2 fully saturated rings. The Morgan fingerprint density at radius 2 is 2.00 bits per heavy atom. The molecule has 1 saturated carbocycles. The van der Waals surface area contributed by atoms with E-state index in [1.54, 1.807) is 6.07 Å². The van der Waals surface area contributed by atoms with Crippen LogP contribution in [0.1, 0.15) is 36.4 Å². The zero-order valence-electron chi connectivity index (χ0n) is 12.1. The molecule has 1 aromatic rings. The van der Waals surface area contributed by atoms with Gasteiger partial charge in [0, 0.05) is 37.8 Å². The number of piperazine rings is 1. The molecule has 0 spiro atoms. The SMILES string of the molecule is Cc1ccc([C@H](CC2CC2)N2CCNCC2)c(F)c1.Cl. The molecule has 1 saturated heterocycles. The van der Waals surface area contributed by atoms with Gasteiger partial charge in [-0.05, 0) is 30.9 Å². The summed E-state index contributed by atoms with van der Waals surface area (Å²) in [4.78, 5) is 2.46. The Kier molecular flexibility index (Phi) is 5.42. The van der Waals surface area contributed by atoms with Crippen LogP contribution in [0.4, 0.5) is 4.39 Å². The molecule has 2 nitrogen and oxygen atoms in total. The van der Waals surface area contributed by atoms with E-state index in [0.29, 0.717) is 0 Å². The van der Waals surface area contributed by atoms with E-state index in [-0.39, 0.29) is 24.3 Å². The van der Waals surface area contributed by atoms with Crippen molar-refractivity contribution in [2.75, 3.05) is 26.2 Å². The molecule has 20 heavy (non-hydrogen) atoms. The first-order chi connectivity index (χ1) is 9.24. The Bertz CT molecular complexity index is 442. The number of benzene rings is 1. The minimum absolute atomic E-state index is 0. The first kappa shape index (κ1) is 15.7. The van der Waals surface area contributed by atoms with Gasteiger partial charge in [-0.25, -0.2) is 4.39 Å². The average molecular weight is 299 g/mol. The molecule has 1 atom stereocenters. The van der Waals surface area contributed by atoms with Crippen molar-refractivity contribution < 1.29 is 4.39 Å². The van der Waals surface area contributed by atoms with Gasteiger partial charge in [0.25, 0.3) is 0 Å². The average Bonchev–Trinajstić information content (AvgIpc) is 3.22. The zero-order chi connectivity index (χ0) is 13.2. The largest absolute Gasteiger partial charge is 0.314 e. The summed E-state index contributed by atoms with van der Waals surface area (Å²) in [7, 11) is 0. The molecule has 2 aliphatic rings. The van der Waals surface area contributed by atoms with Gasteiger partial charge in [0.15, 0.2) is 0 Å². The molecule has 1 aliphatic carbocycles. The van der Waals surface area contributed by atoms with E-state index in [1.165, 1.54) is 12.8 Å². The maximum atomic E-state index is 14.3. The van der Waals surface area contributed by atoms with Gasteiger partial charge in [0.05, 0.1) is 0 Å². The fourth-order valence-electron chi connectivity index (χ4n) is 3.04. The maximum Gasteiger partial charge on any atom is 0.128 e. The quantitative estimate of drug-likeness (QED) is 0.917. The molecule has 112 valence electrons. The van der Waals surface area contributed by atoms with Crippen molar-refractivity contribution in [3.05, 3.63) is 35.1 Å². The summed E-state index contributed by atoms with van der Waals surface area (Å²) in [6.45, 7) is 6.06. The Morgan fingerprint density at radius 3 is 2.60 bits per heavy atom. The van der Waals surface area contributed by atoms with Gasteiger partial charge >= 0.3 is 0 Å². The Balaban J connectivity index is 0.00000147. The minimum atomic E-state index is -0.0239. The lowest BCUT2D eigenvalue weighted by Crippen LogP contribution is -2.45. The predicted octanol–water partition coefficient (Wildman–Crippen LogP) is 3.30. The van der Waals surface area contributed by atoms with Gasteiger partial charge in [-0.1, -0.05) is 25.0 Å². The van der Waals surface area contributed by atoms with Crippen molar-refractivity contribution in [3.8, 4) is 0 Å². The summed E-state index contributed by atoms with van der Waals surface area (Å²) in [6.07, 6.45) is 3.78. The van der Waals surface area contributed by atoms with E-state index < -0.39 is 0 Å². The van der Waals surface area contributed by atoms with Gasteiger partial charge < -0.3 is 5.32 Å². The summed E-state index contributed by atoms with van der Waals surface area (Å²) in [6, 6.07) is 5.99. The second-order valence-electron chi connectivity index (χ2n) is 6.01. The van der Waals surface area contributed by atoms with Gasteiger partial charge in [-0.2, -0.15) is 0 Å². The van der Waals surface area contributed by atoms with Gasteiger partial charge in [0.2, 0.25) is 0 Å². The second-order valence-corrected chi connectivity index (χ2v) is 6.01. The van der Waals surface area contributed by atoms with E-state index >= 15 is 0 Å². The Hall–Kier alpha value is -0.640. The highest BCUT2D eigenvalue weighted by Gasteiger charge is 2.31. The summed E-state index contributed by atoms with van der Waals surface area (Å²) in [5, 5.41) is 3.38. The van der Waals surface area contributed by atoms with Crippen LogP contribution >= 0.6 is 12.4 Å². The summed E-state index contributed by atoms with van der Waals surface area (Å²) in [5.41, 5.74) is 1.91. The molecule has 0 radical (unpaired) electrons. The van der Waals surface area contributed by atoms with Crippen LogP contribution in [0.2, 0.25) is 0 Å². The molecular formula is C16H24ClFN2. The molecule has 0 bridgehead atoms. The third-order valence-electron chi connectivity index (χ3n) is 4.36. The number of aryl methyl sites for hydroxylation is 1. The third kappa shape index (κ3) is 3.72. The van der Waals surface area contributed by atoms with Crippen LogP contribution in [0.15, 0.2) is 18.2 Å². The molecule has 1 heterocycles. The van der Waals surface area contributed by atoms with E-state index in [0.717, 1.165) is 49.6 Å². The highest BCUT2D eigenvalue weighted by molar-refractivity contribution is 5.85. The van der Waals surface area contributed by atoms with Crippen LogP contribution in [-0.4, -0.2) is 31.1 Å². The standard InChI is InChI=1S/C16H23FN2.ClH/c1-12-2-5-14(15(17)10-12)16(11-13-3-4-13)19-8-6-18-7-9-19;/h2,5,10,13,16,18H,3-4,6-9,11H2,1H3;1H/t16-;/m0./s1. The minimum Gasteiger partial charge on any atom is -0.314 e. The van der Waals surface area contributed by atoms with Gasteiger partial charge in [-0.3, -0.25) is 4.90 Å². The van der Waals surface area contributed by atoms with Gasteiger partial charge in [0.1, 0.15) is 5.82 Å². The zero-order valence-corrected chi connectivity index (χ0v) is 12.9. The Morgan fingerprint density at radius 1 is 1.30 bits per heavy atom. The van der Waals surface area contributed by atoms with Crippen molar-refractivity contribution in [3.63, 3.8) is 0 Å². The number of halogens is 2. The second kappa shape index (κ2) is 6.88. The summed E-state index contributed by atoms with van der Waals surface area (Å²) >= 11 is 0. The topological polar surface area (TPSA) is 15.3 Å². The molecular weight excluding hydrogens is 275 g/mol. The Labute approximate surface area is 127 Å². The number of hydrogen-bond donors (Lipinski definition) is 1. The lowest BCUT2D eigenvalue weighted by molar-refractivity contribution is 0.157. The molecule has 1 aromatic carbocycles. The molecule has 4 heteroatoms. The fourth-order valence-corrected chi connectivity index (χ4v) is 3.04. The van der Waals surface area contributed by atoms with Crippen LogP contribution in [0.3, 0.4) is 0 Å². The lowest BCUT2D eigenvalue weighted by atomic mass is 9.97. The van der Waals surface area contributed by atoms with E-state index in [1.807, 2.05) is 19.1 Å². The smallest absolute Gasteiger partial charge is 0.128 e. The monoisotopic (exact) mass is 298 g/mol. The fraction of sp³-hybridized carbons (Fsp3) is 0.625. The van der Waals surface area contributed by atoms with Crippen molar-refractivity contribution in [2.24, 2.45) is 5.92 Å². The molecule has 0 amide bonds. The number of nitrogens with zero attached hydrogens (tertiary/aromatic N) is 1. The van der Waals surface area contributed by atoms with Crippen LogP contribution < -0.4 is 5.32 Å². The molecule has 1 aliphatic heterocycles. The first-order valence-electron chi connectivity index (χ1n) is 7.45. The molecule has 3 rings (SSSR count). The van der Waals surface area contributed by atoms with E-state index in [9.17, 15) is 4.39 Å². The van der Waals surface area contributed by atoms with Crippen LogP contribution in [0, 0.1) is 18.7 Å². The van der Waals surface area contributed by atoms with Crippen LogP contribution in [0.5, 0.6) is 0 Å². The van der Waals surface area contributed by atoms with Crippen LogP contribution in [-0.2, 0) is 0 Å². The van der Waals surface area contributed by atoms with E-state index in [2.05, 4.69) is 10.2 Å². The number of rotatable bonds is 4. The van der Waals surface area contributed by atoms with Crippen molar-refractivity contribution >= 4 is 12.4 Å². The van der Waals surface area contributed by atoms with Crippen LogP contribution in [0.25, 0.3) is 0 Å². The highest BCUT2D eigenvalue weighted by atomic mass is 35.5.